The Morgan fingerprint density at radius 1 is 1.32 bits per heavy atom. The summed E-state index contributed by atoms with van der Waals surface area (Å²) in [5.74, 6) is -0.970. The molecule has 1 aliphatic rings. The lowest BCUT2D eigenvalue weighted by Crippen LogP contribution is -2.29. The van der Waals surface area contributed by atoms with Crippen molar-refractivity contribution < 1.29 is 24.5 Å². The summed E-state index contributed by atoms with van der Waals surface area (Å²) in [6, 6.07) is 12.0. The van der Waals surface area contributed by atoms with Crippen molar-refractivity contribution in [2.75, 3.05) is 6.54 Å². The molecule has 1 unspecified atom stereocenters. The lowest BCUT2D eigenvalue weighted by molar-refractivity contribution is -0.144. The maximum absolute atomic E-state index is 13.0. The van der Waals surface area contributed by atoms with Crippen LogP contribution in [-0.2, 0) is 9.59 Å². The van der Waals surface area contributed by atoms with Crippen LogP contribution in [0.4, 0.5) is 5.69 Å². The minimum Gasteiger partial charge on any atom is -0.506 e. The monoisotopic (exact) mass is 438 g/mol. The normalized spacial score (nSPS) is 17.2. The number of aromatic hydroxyl groups is 1. The molecular formula is C23H22N2O5S. The summed E-state index contributed by atoms with van der Waals surface area (Å²) in [6.45, 7) is 7.25. The van der Waals surface area contributed by atoms with Crippen LogP contribution in [0.15, 0.2) is 65.0 Å². The fourth-order valence-electron chi connectivity index (χ4n) is 2.80. The van der Waals surface area contributed by atoms with Crippen LogP contribution in [0.3, 0.4) is 0 Å². The highest BCUT2D eigenvalue weighted by Gasteiger charge is 2.33. The Hall–Kier alpha value is -3.52. The molecule has 1 saturated heterocycles. The zero-order chi connectivity index (χ0) is 22.5. The molecule has 0 aliphatic carbocycles. The van der Waals surface area contributed by atoms with E-state index in [0.717, 1.165) is 17.3 Å². The van der Waals surface area contributed by atoms with E-state index in [1.165, 1.54) is 11.8 Å². The highest BCUT2D eigenvalue weighted by atomic mass is 32.2. The number of ether oxygens (including phenoxy) is 1. The second kappa shape index (κ2) is 9.53. The number of amidine groups is 1. The van der Waals surface area contributed by atoms with Crippen LogP contribution >= 0.6 is 11.8 Å². The number of amides is 1. The molecule has 7 nitrogen and oxygen atoms in total. The van der Waals surface area contributed by atoms with Crippen LogP contribution in [0.2, 0.25) is 0 Å². The largest absolute Gasteiger partial charge is 0.506 e. The summed E-state index contributed by atoms with van der Waals surface area (Å²) in [5, 5.41) is 19.7. The van der Waals surface area contributed by atoms with Gasteiger partial charge in [-0.15, -0.1) is 6.58 Å². The first-order valence-corrected chi connectivity index (χ1v) is 10.3. The van der Waals surface area contributed by atoms with Crippen LogP contribution in [0.5, 0.6) is 11.5 Å². The highest BCUT2D eigenvalue weighted by Crippen LogP contribution is 2.37. The first-order valence-electron chi connectivity index (χ1n) is 9.49. The quantitative estimate of drug-likeness (QED) is 0.493. The summed E-state index contributed by atoms with van der Waals surface area (Å²) in [4.78, 5) is 30.5. The van der Waals surface area contributed by atoms with E-state index in [-0.39, 0.29) is 18.2 Å². The second-order valence-electron chi connectivity index (χ2n) is 6.84. The summed E-state index contributed by atoms with van der Waals surface area (Å²) >= 11 is 1.16. The zero-order valence-electron chi connectivity index (χ0n) is 17.1. The SMILES string of the molecule is C=CCN1C(=O)/C(=C/c2ccccc2OC(C)C(=O)O)SC1=Nc1ccc(C)cc1O. The second-order valence-corrected chi connectivity index (χ2v) is 7.85. The number of rotatable bonds is 7. The van der Waals surface area contributed by atoms with Crippen molar-refractivity contribution in [3.63, 3.8) is 0 Å². The van der Waals surface area contributed by atoms with Gasteiger partial charge in [-0.25, -0.2) is 9.79 Å². The van der Waals surface area contributed by atoms with Crippen molar-refractivity contribution in [2.24, 2.45) is 4.99 Å². The Labute approximate surface area is 184 Å². The van der Waals surface area contributed by atoms with Crippen molar-refractivity contribution in [1.82, 2.24) is 4.90 Å². The fraction of sp³-hybridized carbons (Fsp3) is 0.174. The summed E-state index contributed by atoms with van der Waals surface area (Å²) in [7, 11) is 0. The average Bonchev–Trinajstić information content (AvgIpc) is 3.00. The van der Waals surface area contributed by atoms with E-state index in [9.17, 15) is 14.7 Å². The first-order chi connectivity index (χ1) is 14.8. The Bertz CT molecular complexity index is 1090. The number of hydrogen-bond donors (Lipinski definition) is 2. The van der Waals surface area contributed by atoms with Crippen molar-refractivity contribution in [1.29, 1.82) is 0 Å². The van der Waals surface area contributed by atoms with Gasteiger partial charge in [0.05, 0.1) is 4.91 Å². The molecule has 1 heterocycles. The number of carbonyl (C=O) groups is 2. The molecule has 1 aliphatic heterocycles. The molecule has 0 saturated carbocycles. The van der Waals surface area contributed by atoms with Crippen LogP contribution in [0.25, 0.3) is 6.08 Å². The molecule has 0 spiro atoms. The van der Waals surface area contributed by atoms with Gasteiger partial charge in [-0.05, 0) is 55.4 Å². The molecule has 1 fully saturated rings. The summed E-state index contributed by atoms with van der Waals surface area (Å²) in [6.07, 6.45) is 2.20. The van der Waals surface area contributed by atoms with Gasteiger partial charge in [-0.2, -0.15) is 0 Å². The number of carboxylic acid groups (broad SMARTS) is 1. The number of thioether (sulfide) groups is 1. The number of aliphatic imine (C=N–C) groups is 1. The fourth-order valence-corrected chi connectivity index (χ4v) is 3.79. The van der Waals surface area contributed by atoms with E-state index in [0.29, 0.717) is 27.1 Å². The molecule has 0 radical (unpaired) electrons. The van der Waals surface area contributed by atoms with Gasteiger partial charge in [-0.3, -0.25) is 9.69 Å². The lowest BCUT2D eigenvalue weighted by atomic mass is 10.2. The number of phenolic OH excluding ortho intramolecular Hbond substituents is 1. The molecule has 1 amide bonds. The number of para-hydroxylation sites is 1. The molecular weight excluding hydrogens is 416 g/mol. The maximum atomic E-state index is 13.0. The minimum atomic E-state index is -1.08. The van der Waals surface area contributed by atoms with E-state index >= 15 is 0 Å². The van der Waals surface area contributed by atoms with Gasteiger partial charge in [0.15, 0.2) is 11.3 Å². The number of carbonyl (C=O) groups excluding carboxylic acids is 1. The Morgan fingerprint density at radius 3 is 2.74 bits per heavy atom. The Kier molecular flexibility index (Phi) is 6.81. The van der Waals surface area contributed by atoms with Crippen LogP contribution < -0.4 is 4.74 Å². The van der Waals surface area contributed by atoms with Crippen LogP contribution in [0.1, 0.15) is 18.1 Å². The summed E-state index contributed by atoms with van der Waals surface area (Å²) < 4.78 is 5.52. The smallest absolute Gasteiger partial charge is 0.344 e. The third-order valence-corrected chi connectivity index (χ3v) is 5.41. The van der Waals surface area contributed by atoms with Crippen LogP contribution in [0, 0.1) is 6.92 Å². The number of aryl methyl sites for hydroxylation is 1. The van der Waals surface area contributed by atoms with E-state index in [4.69, 9.17) is 9.84 Å². The van der Waals surface area contributed by atoms with E-state index in [1.54, 1.807) is 48.6 Å². The van der Waals surface area contributed by atoms with Crippen LogP contribution in [-0.4, -0.2) is 44.8 Å². The average molecular weight is 439 g/mol. The predicted molar refractivity (Wildman–Crippen MR) is 122 cm³/mol. The number of benzene rings is 2. The molecule has 160 valence electrons. The lowest BCUT2D eigenvalue weighted by Gasteiger charge is -2.13. The van der Waals surface area contributed by atoms with Gasteiger partial charge >= 0.3 is 5.97 Å². The number of aliphatic carboxylic acids is 1. The molecule has 2 N–H and O–H groups in total. The van der Waals surface area contributed by atoms with Gasteiger partial charge in [0.1, 0.15) is 17.2 Å². The third kappa shape index (κ3) is 5.16. The number of hydrogen-bond acceptors (Lipinski definition) is 6. The van der Waals surface area contributed by atoms with Crippen molar-refractivity contribution in [3.05, 3.63) is 71.2 Å². The molecule has 8 heteroatoms. The van der Waals surface area contributed by atoms with Crippen molar-refractivity contribution >= 4 is 40.6 Å². The minimum absolute atomic E-state index is 0.0259. The zero-order valence-corrected chi connectivity index (χ0v) is 17.9. The number of nitrogens with zero attached hydrogens (tertiary/aromatic N) is 2. The Balaban J connectivity index is 1.97. The van der Waals surface area contributed by atoms with E-state index < -0.39 is 12.1 Å². The van der Waals surface area contributed by atoms with Gasteiger partial charge < -0.3 is 14.9 Å². The Morgan fingerprint density at radius 2 is 2.06 bits per heavy atom. The highest BCUT2D eigenvalue weighted by molar-refractivity contribution is 8.18. The molecule has 3 rings (SSSR count). The maximum Gasteiger partial charge on any atom is 0.344 e. The molecule has 2 aromatic rings. The van der Waals surface area contributed by atoms with Gasteiger partial charge in [0.2, 0.25) is 0 Å². The van der Waals surface area contributed by atoms with Gasteiger partial charge in [0, 0.05) is 12.1 Å². The molecule has 1 atom stereocenters. The van der Waals surface area contributed by atoms with Gasteiger partial charge in [-0.1, -0.05) is 30.3 Å². The molecule has 0 bridgehead atoms. The van der Waals surface area contributed by atoms with Gasteiger partial charge in [0.25, 0.3) is 5.91 Å². The molecule has 2 aromatic carbocycles. The summed E-state index contributed by atoms with van der Waals surface area (Å²) in [5.41, 5.74) is 1.83. The van der Waals surface area contributed by atoms with Crippen molar-refractivity contribution in [2.45, 2.75) is 20.0 Å². The molecule has 0 aromatic heterocycles. The number of phenols is 1. The topological polar surface area (TPSA) is 99.4 Å². The first kappa shape index (κ1) is 22.2. The van der Waals surface area contributed by atoms with E-state index in [2.05, 4.69) is 11.6 Å². The standard InChI is InChI=1S/C23H22N2O5S/c1-4-11-25-21(27)20(31-23(25)24-17-10-9-14(2)12-18(17)26)13-16-7-5-6-8-19(16)30-15(3)22(28)29/h4-10,12-13,15,26H,1,11H2,2-3H3,(H,28,29)/b20-13-,24-23?. The third-order valence-electron chi connectivity index (χ3n) is 4.40. The predicted octanol–water partition coefficient (Wildman–Crippen LogP) is 4.34. The number of carboxylic acids is 1. The van der Waals surface area contributed by atoms with Crippen molar-refractivity contribution in [3.8, 4) is 11.5 Å². The molecule has 31 heavy (non-hydrogen) atoms. The van der Waals surface area contributed by atoms with E-state index in [1.807, 2.05) is 13.0 Å².